The van der Waals surface area contributed by atoms with Crippen LogP contribution in [0.25, 0.3) is 0 Å². The van der Waals surface area contributed by atoms with Crippen LogP contribution >= 0.6 is 0 Å². The fraction of sp³-hybridized carbons (Fsp3) is 0.538. The first-order valence-electron chi connectivity index (χ1n) is 19.1. The zero-order valence-corrected chi connectivity index (χ0v) is 33.1. The van der Waals surface area contributed by atoms with Crippen molar-refractivity contribution in [2.45, 2.75) is 107 Å². The van der Waals surface area contributed by atoms with Crippen LogP contribution in [0.2, 0.25) is 0 Å². The van der Waals surface area contributed by atoms with Gasteiger partial charge in [-0.15, -0.1) is 0 Å². The molecule has 3 amide bonds. The van der Waals surface area contributed by atoms with E-state index < -0.39 is 77.9 Å². The summed E-state index contributed by atoms with van der Waals surface area (Å²) in [7, 11) is -7.57. The first kappa shape index (κ1) is 39.7. The standard InChI is InChI=1S/C39H48FN5O9S2/c1-38(16-17-38)56(52,53)43-36(48)39-20-26(39)11-6-4-3-5-7-15-32(41-27-12-9-13-28(18-27)42-55(2,50)51)35(47)45-23-29(19-33(45)34(46)21-39)54-37(49)44-22-25-10-8-14-31(40)30(25)24-44/h6,8-14,18,26,29,32-33,41-42H,3-5,7,15-17,19-24H2,1-2H3,(H,43,48)/b11-6-/t26-,29-,32+,33+,39-/m1/s1. The van der Waals surface area contributed by atoms with Gasteiger partial charge in [0.25, 0.3) is 0 Å². The Morgan fingerprint density at radius 1 is 0.982 bits per heavy atom. The van der Waals surface area contributed by atoms with Gasteiger partial charge in [0.05, 0.1) is 41.2 Å². The highest BCUT2D eigenvalue weighted by atomic mass is 32.2. The van der Waals surface area contributed by atoms with Gasteiger partial charge in [-0.25, -0.2) is 26.0 Å². The van der Waals surface area contributed by atoms with E-state index in [4.69, 9.17) is 4.74 Å². The Bertz CT molecular complexity index is 2180. The van der Waals surface area contributed by atoms with Gasteiger partial charge in [-0.3, -0.25) is 28.7 Å². The summed E-state index contributed by atoms with van der Waals surface area (Å²) in [5.41, 5.74) is 0.481. The van der Waals surface area contributed by atoms with Crippen LogP contribution in [0.15, 0.2) is 54.6 Å². The fourth-order valence-electron chi connectivity index (χ4n) is 8.10. The molecular weight excluding hydrogens is 766 g/mol. The Kier molecular flexibility index (Phi) is 10.7. The number of halogens is 1. The quantitative estimate of drug-likeness (QED) is 0.319. The Morgan fingerprint density at radius 3 is 2.46 bits per heavy atom. The second-order valence-corrected chi connectivity index (χ2v) is 20.1. The van der Waals surface area contributed by atoms with Crippen LogP contribution in [0.1, 0.15) is 82.3 Å². The minimum atomic E-state index is -3.99. The smallest absolute Gasteiger partial charge is 0.410 e. The predicted molar refractivity (Wildman–Crippen MR) is 205 cm³/mol. The third-order valence-corrected chi connectivity index (χ3v) is 14.6. The number of nitrogens with zero attached hydrogens (tertiary/aromatic N) is 2. The largest absolute Gasteiger partial charge is 0.444 e. The molecule has 2 aromatic rings. The van der Waals surface area contributed by atoms with Crippen molar-refractivity contribution in [2.75, 3.05) is 22.8 Å². The van der Waals surface area contributed by atoms with E-state index >= 15 is 0 Å². The zero-order valence-electron chi connectivity index (χ0n) is 31.5. The van der Waals surface area contributed by atoms with E-state index in [9.17, 15) is 40.4 Å². The van der Waals surface area contributed by atoms with E-state index in [0.29, 0.717) is 54.6 Å². The number of carbonyl (C=O) groups is 4. The van der Waals surface area contributed by atoms with E-state index in [2.05, 4.69) is 14.8 Å². The number of rotatable bonds is 8. The monoisotopic (exact) mass is 813 g/mol. The van der Waals surface area contributed by atoms with Crippen molar-refractivity contribution >= 4 is 55.1 Å². The number of sulfonamides is 2. The Morgan fingerprint density at radius 2 is 1.73 bits per heavy atom. The maximum absolute atomic E-state index is 14.6. The van der Waals surface area contributed by atoms with Crippen molar-refractivity contribution in [3.05, 3.63) is 71.6 Å². The van der Waals surface area contributed by atoms with Crippen molar-refractivity contribution in [3.8, 4) is 0 Å². The summed E-state index contributed by atoms with van der Waals surface area (Å²) in [6.45, 7) is 1.60. The van der Waals surface area contributed by atoms with Gasteiger partial charge >= 0.3 is 6.09 Å². The minimum Gasteiger partial charge on any atom is -0.444 e. The molecule has 3 heterocycles. The minimum absolute atomic E-state index is 0.00625. The van der Waals surface area contributed by atoms with Crippen LogP contribution in [0, 0.1) is 17.2 Å². The molecule has 0 bridgehead atoms. The molecule has 56 heavy (non-hydrogen) atoms. The predicted octanol–water partition coefficient (Wildman–Crippen LogP) is 4.58. The van der Waals surface area contributed by atoms with Gasteiger partial charge in [0.1, 0.15) is 18.0 Å². The van der Waals surface area contributed by atoms with E-state index in [-0.39, 0.29) is 44.8 Å². The molecule has 3 N–H and O–H groups in total. The summed E-state index contributed by atoms with van der Waals surface area (Å²) in [6, 6.07) is 9.14. The Balaban J connectivity index is 1.16. The number of fused-ring (bicyclic) bond motifs is 3. The van der Waals surface area contributed by atoms with Gasteiger partial charge in [-0.05, 0) is 81.2 Å². The molecule has 14 nitrogen and oxygen atoms in total. The number of amides is 3. The normalized spacial score (nSPS) is 28.1. The lowest BCUT2D eigenvalue weighted by atomic mass is 9.91. The van der Waals surface area contributed by atoms with E-state index in [1.807, 2.05) is 12.2 Å². The third kappa shape index (κ3) is 8.43. The third-order valence-electron chi connectivity index (χ3n) is 11.8. The van der Waals surface area contributed by atoms with E-state index in [1.54, 1.807) is 43.3 Å². The maximum atomic E-state index is 14.6. The molecule has 0 spiro atoms. The van der Waals surface area contributed by atoms with Crippen LogP contribution in [0.5, 0.6) is 0 Å². The van der Waals surface area contributed by atoms with E-state index in [1.165, 1.54) is 15.9 Å². The van der Waals surface area contributed by atoms with Crippen LogP contribution in [0.4, 0.5) is 20.6 Å². The second kappa shape index (κ2) is 15.1. The second-order valence-electron chi connectivity index (χ2n) is 16.2. The molecule has 0 aromatic heterocycles. The molecule has 2 aromatic carbocycles. The lowest BCUT2D eigenvalue weighted by molar-refractivity contribution is -0.139. The summed E-state index contributed by atoms with van der Waals surface area (Å²) in [6.07, 6.45) is 7.24. The summed E-state index contributed by atoms with van der Waals surface area (Å²) < 4.78 is 74.2. The highest BCUT2D eigenvalue weighted by Crippen LogP contribution is 2.57. The summed E-state index contributed by atoms with van der Waals surface area (Å²) in [5.74, 6) is -2.44. The molecule has 7 rings (SSSR count). The maximum Gasteiger partial charge on any atom is 0.410 e. The summed E-state index contributed by atoms with van der Waals surface area (Å²) in [4.78, 5) is 59.2. The van der Waals surface area contributed by atoms with Crippen LogP contribution in [0.3, 0.4) is 0 Å². The average molecular weight is 814 g/mol. The number of hydrogen-bond acceptors (Lipinski definition) is 10. The van der Waals surface area contributed by atoms with Crippen molar-refractivity contribution in [1.82, 2.24) is 14.5 Å². The Hall–Kier alpha value is -4.51. The SMILES string of the molecule is CC1(S(=O)(=O)NC(=O)[C@]23CC(=O)[C@@H]4C[C@@H](OC(=O)N5Cc6cccc(F)c6C5)CN4C(=O)[C@@H](Nc4cccc(NS(C)(=O)=O)c4)CCCCC/C=C\[C@@H]2C3)CC1. The number of benzene rings is 2. The first-order valence-corrected chi connectivity index (χ1v) is 22.5. The molecule has 3 aliphatic heterocycles. The molecule has 2 saturated carbocycles. The number of ether oxygens (including phenoxy) is 1. The molecule has 5 aliphatic rings. The molecular formula is C39H48FN5O9S2. The summed E-state index contributed by atoms with van der Waals surface area (Å²) >= 11 is 0. The molecule has 302 valence electrons. The van der Waals surface area contributed by atoms with Gasteiger partial charge in [0, 0.05) is 30.6 Å². The van der Waals surface area contributed by atoms with Gasteiger partial charge in [0.15, 0.2) is 5.78 Å². The first-order chi connectivity index (χ1) is 26.5. The van der Waals surface area contributed by atoms with Gasteiger partial charge in [0.2, 0.25) is 31.9 Å². The molecule has 0 radical (unpaired) electrons. The molecule has 3 fully saturated rings. The highest BCUT2D eigenvalue weighted by molar-refractivity contribution is 7.92. The lowest BCUT2D eigenvalue weighted by Crippen LogP contribution is -2.49. The molecule has 1 saturated heterocycles. The van der Waals surface area contributed by atoms with Crippen molar-refractivity contribution in [1.29, 1.82) is 0 Å². The van der Waals surface area contributed by atoms with Crippen molar-refractivity contribution in [3.63, 3.8) is 0 Å². The number of allylic oxidation sites excluding steroid dienone is 2. The average Bonchev–Trinajstić information content (AvgIpc) is 3.92. The highest BCUT2D eigenvalue weighted by Gasteiger charge is 2.62. The number of hydrogen-bond donors (Lipinski definition) is 3. The molecule has 17 heteroatoms. The topological polar surface area (TPSA) is 188 Å². The van der Waals surface area contributed by atoms with Crippen molar-refractivity contribution in [2.24, 2.45) is 11.3 Å². The number of anilines is 2. The van der Waals surface area contributed by atoms with Gasteiger partial charge in [-0.1, -0.05) is 43.2 Å². The molecule has 0 unspecified atom stereocenters. The number of nitrogens with one attached hydrogen (secondary N) is 3. The van der Waals surface area contributed by atoms with Crippen LogP contribution < -0.4 is 14.8 Å². The number of Topliss-reactive ketones (excluding diaryl/α,β-unsaturated/α-hetero) is 1. The zero-order chi connectivity index (χ0) is 40.0. The molecule has 2 aliphatic carbocycles. The summed E-state index contributed by atoms with van der Waals surface area (Å²) in [5, 5.41) is 3.25. The van der Waals surface area contributed by atoms with Crippen LogP contribution in [-0.4, -0.2) is 86.1 Å². The Labute approximate surface area is 326 Å². The van der Waals surface area contributed by atoms with Gasteiger partial charge < -0.3 is 15.0 Å². The lowest BCUT2D eigenvalue weighted by Gasteiger charge is -2.30. The number of ketones is 1. The van der Waals surface area contributed by atoms with Crippen LogP contribution in [-0.2, 0) is 52.3 Å². The molecule has 5 atom stereocenters. The fourth-order valence-corrected chi connectivity index (χ4v) is 9.99. The number of carbonyl (C=O) groups excluding carboxylic acids is 4. The van der Waals surface area contributed by atoms with Crippen molar-refractivity contribution < 1.29 is 45.1 Å². The van der Waals surface area contributed by atoms with Gasteiger partial charge in [-0.2, -0.15) is 0 Å². The van der Waals surface area contributed by atoms with E-state index in [0.717, 1.165) is 19.1 Å².